The molecule has 3 unspecified atom stereocenters. The lowest BCUT2D eigenvalue weighted by atomic mass is 10.0. The SMILES string of the molecule is CC1CCC(CNC2CCCOCC2)C1. The Hall–Kier alpha value is -0.0800. The van der Waals surface area contributed by atoms with E-state index in [1.165, 1.54) is 45.1 Å². The maximum atomic E-state index is 5.47. The van der Waals surface area contributed by atoms with Crippen LogP contribution in [0.5, 0.6) is 0 Å². The molecule has 2 rings (SSSR count). The summed E-state index contributed by atoms with van der Waals surface area (Å²) in [6.07, 6.45) is 8.08. The van der Waals surface area contributed by atoms with E-state index >= 15 is 0 Å². The molecule has 2 heteroatoms. The quantitative estimate of drug-likeness (QED) is 0.774. The van der Waals surface area contributed by atoms with Gasteiger partial charge in [0.05, 0.1) is 0 Å². The van der Waals surface area contributed by atoms with Crippen LogP contribution >= 0.6 is 0 Å². The van der Waals surface area contributed by atoms with Crippen molar-refractivity contribution in [1.29, 1.82) is 0 Å². The van der Waals surface area contributed by atoms with Crippen LogP contribution in [-0.2, 0) is 4.74 Å². The van der Waals surface area contributed by atoms with Crippen LogP contribution in [0.4, 0.5) is 0 Å². The minimum atomic E-state index is 0.725. The standard InChI is InChI=1S/C13H25NO/c1-11-4-5-12(9-11)10-14-13-3-2-7-15-8-6-13/h11-14H,2-10H2,1H3. The first-order valence-corrected chi connectivity index (χ1v) is 6.65. The molecule has 0 aromatic rings. The van der Waals surface area contributed by atoms with Crippen LogP contribution in [0, 0.1) is 11.8 Å². The van der Waals surface area contributed by atoms with Gasteiger partial charge in [0, 0.05) is 19.3 Å². The number of ether oxygens (including phenoxy) is 1. The van der Waals surface area contributed by atoms with Gasteiger partial charge >= 0.3 is 0 Å². The zero-order valence-electron chi connectivity index (χ0n) is 10.0. The maximum Gasteiger partial charge on any atom is 0.0480 e. The number of rotatable bonds is 3. The van der Waals surface area contributed by atoms with Crippen LogP contribution in [0.15, 0.2) is 0 Å². The number of hydrogen-bond donors (Lipinski definition) is 1. The van der Waals surface area contributed by atoms with Crippen molar-refractivity contribution in [3.05, 3.63) is 0 Å². The Labute approximate surface area is 93.8 Å². The zero-order chi connectivity index (χ0) is 10.5. The van der Waals surface area contributed by atoms with Crippen LogP contribution in [0.3, 0.4) is 0 Å². The van der Waals surface area contributed by atoms with E-state index in [1.54, 1.807) is 0 Å². The van der Waals surface area contributed by atoms with Gasteiger partial charge < -0.3 is 10.1 Å². The third-order valence-electron chi connectivity index (χ3n) is 3.95. The first kappa shape index (κ1) is 11.4. The highest BCUT2D eigenvalue weighted by Gasteiger charge is 2.22. The van der Waals surface area contributed by atoms with Gasteiger partial charge in [-0.15, -0.1) is 0 Å². The molecule has 1 saturated carbocycles. The molecule has 1 heterocycles. The fourth-order valence-electron chi connectivity index (χ4n) is 2.95. The Morgan fingerprint density at radius 3 is 2.87 bits per heavy atom. The predicted octanol–water partition coefficient (Wildman–Crippen LogP) is 2.58. The minimum absolute atomic E-state index is 0.725. The Balaban J connectivity index is 1.63. The van der Waals surface area contributed by atoms with Crippen molar-refractivity contribution < 1.29 is 4.74 Å². The van der Waals surface area contributed by atoms with Crippen LogP contribution in [0.2, 0.25) is 0 Å². The van der Waals surface area contributed by atoms with Gasteiger partial charge in [0.25, 0.3) is 0 Å². The van der Waals surface area contributed by atoms with E-state index in [1.807, 2.05) is 0 Å². The van der Waals surface area contributed by atoms with E-state index in [2.05, 4.69) is 12.2 Å². The summed E-state index contributed by atoms with van der Waals surface area (Å²) in [5.74, 6) is 1.92. The average molecular weight is 211 g/mol. The van der Waals surface area contributed by atoms with Crippen molar-refractivity contribution in [2.24, 2.45) is 11.8 Å². The maximum absolute atomic E-state index is 5.47. The van der Waals surface area contributed by atoms with Gasteiger partial charge in [-0.3, -0.25) is 0 Å². The monoisotopic (exact) mass is 211 g/mol. The molecule has 2 aliphatic rings. The summed E-state index contributed by atoms with van der Waals surface area (Å²) in [6.45, 7) is 5.56. The smallest absolute Gasteiger partial charge is 0.0480 e. The summed E-state index contributed by atoms with van der Waals surface area (Å²) >= 11 is 0. The molecule has 0 bridgehead atoms. The molecule has 3 atom stereocenters. The van der Waals surface area contributed by atoms with Crippen molar-refractivity contribution in [3.8, 4) is 0 Å². The van der Waals surface area contributed by atoms with Crippen molar-refractivity contribution in [2.45, 2.75) is 51.5 Å². The van der Waals surface area contributed by atoms with Crippen LogP contribution in [0.1, 0.15) is 45.4 Å². The van der Waals surface area contributed by atoms with E-state index in [4.69, 9.17) is 4.74 Å². The summed E-state index contributed by atoms with van der Waals surface area (Å²) in [4.78, 5) is 0. The highest BCUT2D eigenvalue weighted by molar-refractivity contribution is 4.77. The van der Waals surface area contributed by atoms with E-state index < -0.39 is 0 Å². The summed E-state index contributed by atoms with van der Waals surface area (Å²) < 4.78 is 5.47. The molecular formula is C13H25NO. The second-order valence-corrected chi connectivity index (χ2v) is 5.43. The van der Waals surface area contributed by atoms with E-state index in [-0.39, 0.29) is 0 Å². The van der Waals surface area contributed by atoms with Gasteiger partial charge in [-0.25, -0.2) is 0 Å². The molecule has 0 aromatic heterocycles. The number of hydrogen-bond acceptors (Lipinski definition) is 2. The first-order chi connectivity index (χ1) is 7.34. The Morgan fingerprint density at radius 2 is 2.07 bits per heavy atom. The molecule has 0 radical (unpaired) electrons. The normalized spacial score (nSPS) is 37.8. The van der Waals surface area contributed by atoms with Gasteiger partial charge in [0.1, 0.15) is 0 Å². The van der Waals surface area contributed by atoms with Crippen LogP contribution < -0.4 is 5.32 Å². The largest absolute Gasteiger partial charge is 0.381 e. The molecule has 88 valence electrons. The molecule has 1 aliphatic carbocycles. The van der Waals surface area contributed by atoms with E-state index in [9.17, 15) is 0 Å². The molecular weight excluding hydrogens is 186 g/mol. The predicted molar refractivity (Wildman–Crippen MR) is 63.0 cm³/mol. The Kier molecular flexibility index (Phi) is 4.45. The van der Waals surface area contributed by atoms with E-state index in [0.717, 1.165) is 31.1 Å². The molecule has 1 N–H and O–H groups in total. The average Bonchev–Trinajstić information content (AvgIpc) is 2.52. The van der Waals surface area contributed by atoms with Gasteiger partial charge in [-0.2, -0.15) is 0 Å². The Bertz CT molecular complexity index is 175. The molecule has 0 aromatic carbocycles. The minimum Gasteiger partial charge on any atom is -0.381 e. The van der Waals surface area contributed by atoms with Gasteiger partial charge in [-0.1, -0.05) is 13.3 Å². The molecule has 1 aliphatic heterocycles. The molecule has 15 heavy (non-hydrogen) atoms. The topological polar surface area (TPSA) is 21.3 Å². The summed E-state index contributed by atoms with van der Waals surface area (Å²) in [6, 6.07) is 0.725. The molecule has 2 fully saturated rings. The van der Waals surface area contributed by atoms with Crippen molar-refractivity contribution in [1.82, 2.24) is 5.32 Å². The van der Waals surface area contributed by atoms with Crippen molar-refractivity contribution >= 4 is 0 Å². The van der Waals surface area contributed by atoms with Gasteiger partial charge in [0.15, 0.2) is 0 Å². The fraction of sp³-hybridized carbons (Fsp3) is 1.00. The van der Waals surface area contributed by atoms with Gasteiger partial charge in [-0.05, 0) is 50.5 Å². The lowest BCUT2D eigenvalue weighted by Gasteiger charge is -2.18. The summed E-state index contributed by atoms with van der Waals surface area (Å²) in [7, 11) is 0. The highest BCUT2D eigenvalue weighted by atomic mass is 16.5. The molecule has 0 amide bonds. The summed E-state index contributed by atoms with van der Waals surface area (Å²) in [5.41, 5.74) is 0. The zero-order valence-corrected chi connectivity index (χ0v) is 10.0. The first-order valence-electron chi connectivity index (χ1n) is 6.65. The number of nitrogens with one attached hydrogen (secondary N) is 1. The van der Waals surface area contributed by atoms with Crippen LogP contribution in [-0.4, -0.2) is 25.8 Å². The summed E-state index contributed by atoms with van der Waals surface area (Å²) in [5, 5.41) is 3.74. The molecule has 1 saturated heterocycles. The fourth-order valence-corrected chi connectivity index (χ4v) is 2.95. The third-order valence-corrected chi connectivity index (χ3v) is 3.95. The molecule has 2 nitrogen and oxygen atoms in total. The van der Waals surface area contributed by atoms with Crippen LogP contribution in [0.25, 0.3) is 0 Å². The lowest BCUT2D eigenvalue weighted by molar-refractivity contribution is 0.142. The molecule has 0 spiro atoms. The highest BCUT2D eigenvalue weighted by Crippen LogP contribution is 2.29. The van der Waals surface area contributed by atoms with Gasteiger partial charge in [0.2, 0.25) is 0 Å². The second-order valence-electron chi connectivity index (χ2n) is 5.43. The Morgan fingerprint density at radius 1 is 1.13 bits per heavy atom. The van der Waals surface area contributed by atoms with Crippen molar-refractivity contribution in [2.75, 3.05) is 19.8 Å². The lowest BCUT2D eigenvalue weighted by Crippen LogP contribution is -2.33. The third kappa shape index (κ3) is 3.76. The van der Waals surface area contributed by atoms with Crippen molar-refractivity contribution in [3.63, 3.8) is 0 Å². The van der Waals surface area contributed by atoms with E-state index in [0.29, 0.717) is 0 Å². The second kappa shape index (κ2) is 5.86.